The second kappa shape index (κ2) is 5.90. The summed E-state index contributed by atoms with van der Waals surface area (Å²) >= 11 is 0. The highest BCUT2D eigenvalue weighted by molar-refractivity contribution is 6.04. The van der Waals surface area contributed by atoms with Gasteiger partial charge in [0.15, 0.2) is 11.6 Å². The molecule has 0 saturated heterocycles. The number of carbonyl (C=O) groups is 2. The summed E-state index contributed by atoms with van der Waals surface area (Å²) in [4.78, 5) is 29.9. The quantitative estimate of drug-likeness (QED) is 0.804. The van der Waals surface area contributed by atoms with E-state index in [-0.39, 0.29) is 11.4 Å². The van der Waals surface area contributed by atoms with Gasteiger partial charge >= 0.3 is 12.0 Å². The first-order valence-electron chi connectivity index (χ1n) is 5.52. The summed E-state index contributed by atoms with van der Waals surface area (Å²) in [5, 5.41) is 13.3. The number of aromatic carboxylic acids is 1. The number of benzene rings is 1. The Labute approximate surface area is 116 Å². The molecule has 0 unspecified atom stereocenters. The maximum absolute atomic E-state index is 13.1. The molecule has 1 heterocycles. The highest BCUT2D eigenvalue weighted by Crippen LogP contribution is 2.20. The van der Waals surface area contributed by atoms with Crippen LogP contribution < -0.4 is 10.6 Å². The molecule has 2 aromatic rings. The summed E-state index contributed by atoms with van der Waals surface area (Å²) in [7, 11) is 0. The highest BCUT2D eigenvalue weighted by atomic mass is 19.2. The zero-order chi connectivity index (χ0) is 15.4. The van der Waals surface area contributed by atoms with Crippen molar-refractivity contribution in [1.29, 1.82) is 0 Å². The Hall–Kier alpha value is -3.10. The van der Waals surface area contributed by atoms with Crippen LogP contribution in [0, 0.1) is 11.6 Å². The fourth-order valence-corrected chi connectivity index (χ4v) is 1.48. The minimum absolute atomic E-state index is 0.245. The Kier molecular flexibility index (Phi) is 4.02. The fourth-order valence-electron chi connectivity index (χ4n) is 1.48. The lowest BCUT2D eigenvalue weighted by atomic mass is 10.1. The maximum Gasteiger partial charge on any atom is 0.337 e. The van der Waals surface area contributed by atoms with Crippen molar-refractivity contribution in [2.24, 2.45) is 0 Å². The van der Waals surface area contributed by atoms with Gasteiger partial charge in [-0.3, -0.25) is 0 Å². The van der Waals surface area contributed by atoms with E-state index in [0.717, 1.165) is 0 Å². The van der Waals surface area contributed by atoms with Crippen LogP contribution in [0.4, 0.5) is 25.0 Å². The Balaban J connectivity index is 2.21. The van der Waals surface area contributed by atoms with Crippen LogP contribution in [0.15, 0.2) is 30.9 Å². The highest BCUT2D eigenvalue weighted by Gasteiger charge is 2.17. The summed E-state index contributed by atoms with van der Waals surface area (Å²) < 4.78 is 26.2. The Morgan fingerprint density at radius 2 is 1.67 bits per heavy atom. The first-order valence-corrected chi connectivity index (χ1v) is 5.52. The van der Waals surface area contributed by atoms with Gasteiger partial charge in [-0.25, -0.2) is 28.3 Å². The smallest absolute Gasteiger partial charge is 0.337 e. The SMILES string of the molecule is O=C(Nc1cncnc1)Nc1cc(F)c(F)cc1C(=O)O. The van der Waals surface area contributed by atoms with Crippen molar-refractivity contribution in [3.05, 3.63) is 48.1 Å². The second-order valence-corrected chi connectivity index (χ2v) is 3.82. The van der Waals surface area contributed by atoms with E-state index in [1.165, 1.54) is 18.7 Å². The molecule has 0 aliphatic rings. The predicted molar refractivity (Wildman–Crippen MR) is 68.0 cm³/mol. The molecular formula is C12H8F2N4O3. The minimum atomic E-state index is -1.51. The van der Waals surface area contributed by atoms with E-state index < -0.39 is 29.2 Å². The van der Waals surface area contributed by atoms with Gasteiger partial charge in [0.1, 0.15) is 6.33 Å². The number of anilines is 2. The number of hydrogen-bond acceptors (Lipinski definition) is 4. The van der Waals surface area contributed by atoms with Gasteiger partial charge in [0.25, 0.3) is 0 Å². The molecule has 2 amide bonds. The number of aromatic nitrogens is 2. The zero-order valence-electron chi connectivity index (χ0n) is 10.3. The molecule has 0 bridgehead atoms. The van der Waals surface area contributed by atoms with Crippen LogP contribution in [0.5, 0.6) is 0 Å². The Bertz CT molecular complexity index is 694. The Morgan fingerprint density at radius 3 is 2.29 bits per heavy atom. The molecule has 21 heavy (non-hydrogen) atoms. The van der Waals surface area contributed by atoms with Crippen molar-refractivity contribution in [3.63, 3.8) is 0 Å². The topological polar surface area (TPSA) is 104 Å². The molecule has 0 radical (unpaired) electrons. The van der Waals surface area contributed by atoms with Crippen molar-refractivity contribution in [2.75, 3.05) is 10.6 Å². The fraction of sp³-hybridized carbons (Fsp3) is 0. The lowest BCUT2D eigenvalue weighted by Crippen LogP contribution is -2.21. The van der Waals surface area contributed by atoms with Crippen molar-refractivity contribution >= 4 is 23.4 Å². The molecule has 1 aromatic carbocycles. The molecule has 0 spiro atoms. The molecule has 0 aliphatic carbocycles. The summed E-state index contributed by atoms with van der Waals surface area (Å²) in [6.45, 7) is 0. The summed E-state index contributed by atoms with van der Waals surface area (Å²) in [5.74, 6) is -4.11. The number of urea groups is 1. The third kappa shape index (κ3) is 3.47. The van der Waals surface area contributed by atoms with Gasteiger partial charge in [0, 0.05) is 6.07 Å². The van der Waals surface area contributed by atoms with Crippen LogP contribution in [0.2, 0.25) is 0 Å². The van der Waals surface area contributed by atoms with Gasteiger partial charge < -0.3 is 15.7 Å². The molecule has 9 heteroatoms. The summed E-state index contributed by atoms with van der Waals surface area (Å²) in [6, 6.07) is 0.219. The van der Waals surface area contributed by atoms with E-state index in [1.807, 2.05) is 0 Å². The monoisotopic (exact) mass is 294 g/mol. The normalized spacial score (nSPS) is 10.0. The number of hydrogen-bond donors (Lipinski definition) is 3. The van der Waals surface area contributed by atoms with Crippen molar-refractivity contribution in [1.82, 2.24) is 9.97 Å². The van der Waals surface area contributed by atoms with Gasteiger partial charge in [0.05, 0.1) is 29.3 Å². The zero-order valence-corrected chi connectivity index (χ0v) is 10.3. The van der Waals surface area contributed by atoms with E-state index in [2.05, 4.69) is 20.6 Å². The van der Waals surface area contributed by atoms with E-state index in [4.69, 9.17) is 5.11 Å². The minimum Gasteiger partial charge on any atom is -0.478 e. The molecule has 1 aromatic heterocycles. The molecule has 0 aliphatic heterocycles. The van der Waals surface area contributed by atoms with E-state index in [9.17, 15) is 18.4 Å². The number of carbonyl (C=O) groups excluding carboxylic acids is 1. The van der Waals surface area contributed by atoms with Gasteiger partial charge in [-0.05, 0) is 6.07 Å². The van der Waals surface area contributed by atoms with Gasteiger partial charge in [-0.15, -0.1) is 0 Å². The van der Waals surface area contributed by atoms with Crippen LogP contribution >= 0.6 is 0 Å². The summed E-state index contributed by atoms with van der Waals surface area (Å²) in [5.41, 5.74) is -0.710. The Morgan fingerprint density at radius 1 is 1.05 bits per heavy atom. The largest absolute Gasteiger partial charge is 0.478 e. The van der Waals surface area contributed by atoms with E-state index in [0.29, 0.717) is 12.1 Å². The molecule has 3 N–H and O–H groups in total. The first-order chi connectivity index (χ1) is 9.97. The standard InChI is InChI=1S/C12H8F2N4O3/c13-8-1-7(11(19)20)10(2-9(8)14)18-12(21)17-6-3-15-5-16-4-6/h1-5H,(H,19,20)(H2,17,18,21). The average molecular weight is 294 g/mol. The van der Waals surface area contributed by atoms with Gasteiger partial charge in [-0.1, -0.05) is 0 Å². The van der Waals surface area contributed by atoms with Crippen LogP contribution in [0.3, 0.4) is 0 Å². The number of nitrogens with zero attached hydrogens (tertiary/aromatic N) is 2. The van der Waals surface area contributed by atoms with Crippen LogP contribution in [0.1, 0.15) is 10.4 Å². The number of carboxylic acids is 1. The number of halogens is 2. The van der Waals surface area contributed by atoms with Crippen LogP contribution in [-0.2, 0) is 0 Å². The molecular weight excluding hydrogens is 286 g/mol. The molecule has 108 valence electrons. The maximum atomic E-state index is 13.1. The third-order valence-electron chi connectivity index (χ3n) is 2.36. The van der Waals surface area contributed by atoms with Crippen molar-refractivity contribution in [2.45, 2.75) is 0 Å². The molecule has 7 nitrogen and oxygen atoms in total. The lowest BCUT2D eigenvalue weighted by Gasteiger charge is -2.10. The van der Waals surface area contributed by atoms with Crippen LogP contribution in [0.25, 0.3) is 0 Å². The third-order valence-corrected chi connectivity index (χ3v) is 2.36. The van der Waals surface area contributed by atoms with Gasteiger partial charge in [-0.2, -0.15) is 0 Å². The van der Waals surface area contributed by atoms with Crippen LogP contribution in [-0.4, -0.2) is 27.1 Å². The van der Waals surface area contributed by atoms with Crippen molar-refractivity contribution in [3.8, 4) is 0 Å². The van der Waals surface area contributed by atoms with E-state index >= 15 is 0 Å². The molecule has 0 saturated carbocycles. The molecule has 0 fully saturated rings. The predicted octanol–water partition coefficient (Wildman–Crippen LogP) is 2.10. The average Bonchev–Trinajstić information content (AvgIpc) is 2.43. The van der Waals surface area contributed by atoms with Gasteiger partial charge in [0.2, 0.25) is 0 Å². The molecule has 0 atom stereocenters. The number of amides is 2. The second-order valence-electron chi connectivity index (χ2n) is 3.82. The first kappa shape index (κ1) is 14.3. The molecule has 2 rings (SSSR count). The number of rotatable bonds is 3. The summed E-state index contributed by atoms with van der Waals surface area (Å²) in [6.07, 6.45) is 3.85. The van der Waals surface area contributed by atoms with Crippen molar-refractivity contribution < 1.29 is 23.5 Å². The lowest BCUT2D eigenvalue weighted by molar-refractivity contribution is 0.0697. The van der Waals surface area contributed by atoms with E-state index in [1.54, 1.807) is 0 Å². The number of carboxylic acid groups (broad SMARTS) is 1. The number of nitrogens with one attached hydrogen (secondary N) is 2.